The van der Waals surface area contributed by atoms with E-state index in [4.69, 9.17) is 0 Å². The van der Waals surface area contributed by atoms with Crippen LogP contribution in [0.5, 0.6) is 5.75 Å². The highest BCUT2D eigenvalue weighted by Crippen LogP contribution is 2.31. The molecule has 0 bridgehead atoms. The molecular formula is C14H18N2O5. The molecule has 1 aromatic carbocycles. The van der Waals surface area contributed by atoms with Gasteiger partial charge in [0.1, 0.15) is 0 Å². The number of nitro groups is 1. The summed E-state index contributed by atoms with van der Waals surface area (Å²) in [7, 11) is 0. The van der Waals surface area contributed by atoms with E-state index in [1.807, 2.05) is 6.92 Å². The number of nitrogens with zero attached hydrogens (tertiary/aromatic N) is 2. The molecule has 0 radical (unpaired) electrons. The van der Waals surface area contributed by atoms with Gasteiger partial charge in [-0.05, 0) is 25.0 Å². The first-order valence-electron chi connectivity index (χ1n) is 6.74. The zero-order chi connectivity index (χ0) is 15.6. The third-order valence-corrected chi connectivity index (χ3v) is 3.87. The highest BCUT2D eigenvalue weighted by atomic mass is 16.6. The number of benzene rings is 1. The SMILES string of the molecule is CC1(CO)CCCN(C(=O)c2ccc([N+](=O)[O-])c(O)c2)C1. The average Bonchev–Trinajstić information content (AvgIpc) is 2.46. The quantitative estimate of drug-likeness (QED) is 0.650. The lowest BCUT2D eigenvalue weighted by Crippen LogP contribution is -2.46. The molecule has 7 heteroatoms. The Kier molecular flexibility index (Phi) is 4.13. The molecule has 1 unspecified atom stereocenters. The molecule has 7 nitrogen and oxygen atoms in total. The number of nitro benzene ring substituents is 1. The summed E-state index contributed by atoms with van der Waals surface area (Å²) >= 11 is 0. The third kappa shape index (κ3) is 3.13. The maximum atomic E-state index is 12.4. The molecular weight excluding hydrogens is 276 g/mol. The second-order valence-electron chi connectivity index (χ2n) is 5.76. The van der Waals surface area contributed by atoms with Crippen molar-refractivity contribution in [2.45, 2.75) is 19.8 Å². The van der Waals surface area contributed by atoms with Crippen LogP contribution < -0.4 is 0 Å². The molecule has 1 aliphatic heterocycles. The molecule has 0 aromatic heterocycles. The van der Waals surface area contributed by atoms with Crippen LogP contribution >= 0.6 is 0 Å². The molecule has 1 aromatic rings. The largest absolute Gasteiger partial charge is 0.502 e. The van der Waals surface area contributed by atoms with E-state index in [9.17, 15) is 25.1 Å². The average molecular weight is 294 g/mol. The lowest BCUT2D eigenvalue weighted by Gasteiger charge is -2.39. The Morgan fingerprint density at radius 3 is 2.81 bits per heavy atom. The summed E-state index contributed by atoms with van der Waals surface area (Å²) in [5, 5.41) is 29.7. The van der Waals surface area contributed by atoms with Gasteiger partial charge < -0.3 is 15.1 Å². The smallest absolute Gasteiger partial charge is 0.310 e. The van der Waals surface area contributed by atoms with Crippen LogP contribution in [0.3, 0.4) is 0 Å². The summed E-state index contributed by atoms with van der Waals surface area (Å²) in [5.74, 6) is -0.813. The number of aliphatic hydroxyl groups excluding tert-OH is 1. The van der Waals surface area contributed by atoms with Crippen molar-refractivity contribution in [1.82, 2.24) is 4.90 Å². The molecule has 0 aliphatic carbocycles. The Morgan fingerprint density at radius 2 is 2.24 bits per heavy atom. The Balaban J connectivity index is 2.20. The van der Waals surface area contributed by atoms with E-state index < -0.39 is 16.4 Å². The monoisotopic (exact) mass is 294 g/mol. The Bertz CT molecular complexity index is 574. The number of hydrogen-bond donors (Lipinski definition) is 2. The van der Waals surface area contributed by atoms with Crippen LogP contribution in [-0.4, -0.2) is 45.6 Å². The Labute approximate surface area is 122 Å². The van der Waals surface area contributed by atoms with E-state index in [2.05, 4.69) is 0 Å². The number of aromatic hydroxyl groups is 1. The fourth-order valence-electron chi connectivity index (χ4n) is 2.61. The number of likely N-dealkylation sites (tertiary alicyclic amines) is 1. The molecule has 0 saturated carbocycles. The van der Waals surface area contributed by atoms with Gasteiger partial charge in [0, 0.05) is 30.1 Å². The Morgan fingerprint density at radius 1 is 1.52 bits per heavy atom. The summed E-state index contributed by atoms with van der Waals surface area (Å²) < 4.78 is 0. The van der Waals surface area contributed by atoms with Gasteiger partial charge in [0.2, 0.25) is 0 Å². The van der Waals surface area contributed by atoms with Crippen LogP contribution in [0.2, 0.25) is 0 Å². The van der Waals surface area contributed by atoms with E-state index in [0.29, 0.717) is 13.1 Å². The predicted molar refractivity (Wildman–Crippen MR) is 75.1 cm³/mol. The number of rotatable bonds is 3. The number of carbonyl (C=O) groups excluding carboxylic acids is 1. The summed E-state index contributed by atoms with van der Waals surface area (Å²) in [4.78, 5) is 24.0. The number of phenolic OH excluding ortho intramolecular Hbond substituents is 1. The fourth-order valence-corrected chi connectivity index (χ4v) is 2.61. The maximum absolute atomic E-state index is 12.4. The molecule has 21 heavy (non-hydrogen) atoms. The fraction of sp³-hybridized carbons (Fsp3) is 0.500. The topological polar surface area (TPSA) is 104 Å². The van der Waals surface area contributed by atoms with Crippen molar-refractivity contribution in [3.8, 4) is 5.75 Å². The number of phenols is 1. The van der Waals surface area contributed by atoms with Crippen molar-refractivity contribution in [3.05, 3.63) is 33.9 Å². The zero-order valence-electron chi connectivity index (χ0n) is 11.8. The number of piperidine rings is 1. The second-order valence-corrected chi connectivity index (χ2v) is 5.76. The van der Waals surface area contributed by atoms with Crippen LogP contribution in [0, 0.1) is 15.5 Å². The van der Waals surface area contributed by atoms with Crippen molar-refractivity contribution in [2.24, 2.45) is 5.41 Å². The number of hydrogen-bond acceptors (Lipinski definition) is 5. The van der Waals surface area contributed by atoms with Crippen LogP contribution in [0.25, 0.3) is 0 Å². The number of aliphatic hydroxyl groups is 1. The van der Waals surface area contributed by atoms with Gasteiger partial charge in [-0.3, -0.25) is 14.9 Å². The van der Waals surface area contributed by atoms with E-state index in [1.165, 1.54) is 6.07 Å². The third-order valence-electron chi connectivity index (χ3n) is 3.87. The van der Waals surface area contributed by atoms with Crippen LogP contribution in [0.1, 0.15) is 30.1 Å². The van der Waals surface area contributed by atoms with Gasteiger partial charge in [0.15, 0.2) is 5.75 Å². The highest BCUT2D eigenvalue weighted by Gasteiger charge is 2.33. The van der Waals surface area contributed by atoms with Gasteiger partial charge in [0.25, 0.3) is 5.91 Å². The summed E-state index contributed by atoms with van der Waals surface area (Å²) in [5.41, 5.74) is -0.540. The summed E-state index contributed by atoms with van der Waals surface area (Å²) in [6.45, 7) is 2.92. The van der Waals surface area contributed by atoms with Crippen molar-refractivity contribution in [2.75, 3.05) is 19.7 Å². The highest BCUT2D eigenvalue weighted by molar-refractivity contribution is 5.95. The molecule has 1 fully saturated rings. The van der Waals surface area contributed by atoms with E-state index >= 15 is 0 Å². The summed E-state index contributed by atoms with van der Waals surface area (Å²) in [6.07, 6.45) is 1.64. The van der Waals surface area contributed by atoms with Crippen LogP contribution in [0.15, 0.2) is 18.2 Å². The molecule has 114 valence electrons. The zero-order valence-corrected chi connectivity index (χ0v) is 11.8. The minimum Gasteiger partial charge on any atom is -0.502 e. The second kappa shape index (κ2) is 5.69. The van der Waals surface area contributed by atoms with Gasteiger partial charge in [-0.1, -0.05) is 6.92 Å². The van der Waals surface area contributed by atoms with Gasteiger partial charge >= 0.3 is 5.69 Å². The molecule has 1 atom stereocenters. The van der Waals surface area contributed by atoms with Crippen molar-refractivity contribution < 1.29 is 19.9 Å². The lowest BCUT2D eigenvalue weighted by molar-refractivity contribution is -0.385. The Hall–Kier alpha value is -2.15. The number of amides is 1. The van der Waals surface area contributed by atoms with Crippen molar-refractivity contribution in [3.63, 3.8) is 0 Å². The molecule has 0 spiro atoms. The van der Waals surface area contributed by atoms with E-state index in [-0.39, 0.29) is 23.5 Å². The summed E-state index contributed by atoms with van der Waals surface area (Å²) in [6, 6.07) is 3.58. The normalized spacial score (nSPS) is 22.1. The minimum atomic E-state index is -0.701. The molecule has 1 aliphatic rings. The van der Waals surface area contributed by atoms with Crippen molar-refractivity contribution in [1.29, 1.82) is 0 Å². The first-order valence-corrected chi connectivity index (χ1v) is 6.74. The molecule has 1 amide bonds. The molecule has 2 N–H and O–H groups in total. The van der Waals surface area contributed by atoms with Gasteiger partial charge in [-0.2, -0.15) is 0 Å². The minimum absolute atomic E-state index is 0.00227. The van der Waals surface area contributed by atoms with Crippen LogP contribution in [0.4, 0.5) is 5.69 Å². The first kappa shape index (κ1) is 15.2. The van der Waals surface area contributed by atoms with E-state index in [1.54, 1.807) is 4.90 Å². The molecule has 2 rings (SSSR count). The van der Waals surface area contributed by atoms with Gasteiger partial charge in [-0.15, -0.1) is 0 Å². The van der Waals surface area contributed by atoms with Gasteiger partial charge in [-0.25, -0.2) is 0 Å². The van der Waals surface area contributed by atoms with E-state index in [0.717, 1.165) is 25.0 Å². The first-order chi connectivity index (χ1) is 9.86. The predicted octanol–water partition coefficient (Wildman–Crippen LogP) is 1.53. The maximum Gasteiger partial charge on any atom is 0.310 e. The standard InChI is InChI=1S/C14H18N2O5/c1-14(9-17)5-2-6-15(8-14)13(19)10-3-4-11(16(20)21)12(18)7-10/h3-4,7,17-18H,2,5-6,8-9H2,1H3. The van der Waals surface area contributed by atoms with Crippen molar-refractivity contribution >= 4 is 11.6 Å². The van der Waals surface area contributed by atoms with Crippen LogP contribution in [-0.2, 0) is 0 Å². The number of carbonyl (C=O) groups is 1. The molecule has 1 heterocycles. The van der Waals surface area contributed by atoms with Gasteiger partial charge in [0.05, 0.1) is 11.5 Å². The lowest BCUT2D eigenvalue weighted by atomic mass is 9.82. The molecule has 1 saturated heterocycles.